The average molecular weight is 600 g/mol. The number of nitrogens with zero attached hydrogens (tertiary/aromatic N) is 2. The second-order valence-electron chi connectivity index (χ2n) is 11.2. The molecule has 1 saturated heterocycles. The molecule has 5 rings (SSSR count). The summed E-state index contributed by atoms with van der Waals surface area (Å²) in [6, 6.07) is 23.0. The van der Waals surface area contributed by atoms with Crippen LogP contribution in [0.1, 0.15) is 55.8 Å². The van der Waals surface area contributed by atoms with E-state index in [0.717, 1.165) is 22.4 Å². The van der Waals surface area contributed by atoms with Crippen LogP contribution in [0, 0.1) is 0 Å². The zero-order valence-corrected chi connectivity index (χ0v) is 25.4. The molecule has 0 spiro atoms. The number of piperazine rings is 1. The third-order valence-electron chi connectivity index (χ3n) is 8.38. The molecule has 1 unspecified atom stereocenters. The summed E-state index contributed by atoms with van der Waals surface area (Å²) >= 11 is 0. The van der Waals surface area contributed by atoms with Crippen molar-refractivity contribution in [2.75, 3.05) is 24.7 Å². The summed E-state index contributed by atoms with van der Waals surface area (Å²) in [6.45, 7) is 4.62. The highest BCUT2D eigenvalue weighted by Crippen LogP contribution is 2.47. The molecule has 0 bridgehead atoms. The molecule has 2 aliphatic rings. The van der Waals surface area contributed by atoms with E-state index in [1.165, 1.54) is 0 Å². The fourth-order valence-corrected chi connectivity index (χ4v) is 6.36. The summed E-state index contributed by atoms with van der Waals surface area (Å²) < 4.78 is 11.3. The van der Waals surface area contributed by atoms with Crippen molar-refractivity contribution in [2.45, 2.75) is 70.2 Å². The lowest BCUT2D eigenvalue weighted by molar-refractivity contribution is -0.152. The quantitative estimate of drug-likeness (QED) is 0.224. The minimum atomic E-state index is -0.768. The molecule has 1 fully saturated rings. The van der Waals surface area contributed by atoms with Gasteiger partial charge >= 0.3 is 5.97 Å². The van der Waals surface area contributed by atoms with E-state index in [9.17, 15) is 19.5 Å². The number of aliphatic hydroxyl groups is 1. The minimum absolute atomic E-state index is 0.0259. The first-order chi connectivity index (χ1) is 21.4. The topological polar surface area (TPSA) is 108 Å². The highest BCUT2D eigenvalue weighted by Gasteiger charge is 2.55. The summed E-state index contributed by atoms with van der Waals surface area (Å²) in [4.78, 5) is 44.6. The maximum atomic E-state index is 14.2. The Bertz CT molecular complexity index is 1430. The number of amides is 2. The summed E-state index contributed by atoms with van der Waals surface area (Å²) in [7, 11) is 0. The lowest BCUT2D eigenvalue weighted by atomic mass is 9.89. The Morgan fingerprint density at radius 1 is 0.977 bits per heavy atom. The van der Waals surface area contributed by atoms with Crippen molar-refractivity contribution in [1.82, 2.24) is 10.2 Å². The van der Waals surface area contributed by atoms with Gasteiger partial charge in [-0.15, -0.1) is 0 Å². The Kier molecular flexibility index (Phi) is 10.3. The van der Waals surface area contributed by atoms with E-state index in [1.807, 2.05) is 78.9 Å². The molecular formula is C35H41N3O6. The molecule has 2 heterocycles. The van der Waals surface area contributed by atoms with Gasteiger partial charge in [0.25, 0.3) is 0 Å². The van der Waals surface area contributed by atoms with Crippen LogP contribution in [0.3, 0.4) is 0 Å². The molecule has 2 aliphatic heterocycles. The van der Waals surface area contributed by atoms with Crippen LogP contribution < -0.4 is 15.0 Å². The fourth-order valence-electron chi connectivity index (χ4n) is 6.36. The number of rotatable bonds is 13. The first-order valence-corrected chi connectivity index (χ1v) is 15.4. The highest BCUT2D eigenvalue weighted by atomic mass is 16.5. The van der Waals surface area contributed by atoms with Crippen molar-refractivity contribution in [1.29, 1.82) is 0 Å². The van der Waals surface area contributed by atoms with Crippen LogP contribution in [-0.2, 0) is 32.1 Å². The van der Waals surface area contributed by atoms with Crippen LogP contribution in [0.4, 0.5) is 5.69 Å². The van der Waals surface area contributed by atoms with Crippen LogP contribution >= 0.6 is 0 Å². The van der Waals surface area contributed by atoms with Crippen LogP contribution in [0.2, 0.25) is 0 Å². The molecule has 0 aliphatic carbocycles. The zero-order chi connectivity index (χ0) is 31.1. The van der Waals surface area contributed by atoms with Gasteiger partial charge in [-0.05, 0) is 55.2 Å². The number of nitrogens with one attached hydrogen (secondary N) is 1. The standard InChI is InChI=1S/C35H41N3O6/c1-3-43-32(41)22-30-34-33(36-23-26-13-8-5-9-14-26)28-21-27(44-20-10-19-39)16-17-29(28)38(34)35(42)24(2)37(30)31(40)18-15-25-11-6-4-7-12-25/h4-9,11-14,16-17,21,24,30,33-34,36,39H,3,10,15,18-20,22-23H2,1-2H3/t24-,30?,33-,34+/m0/s1. The molecule has 0 saturated carbocycles. The molecule has 4 atom stereocenters. The van der Waals surface area contributed by atoms with Gasteiger partial charge in [-0.1, -0.05) is 60.7 Å². The van der Waals surface area contributed by atoms with E-state index < -0.39 is 30.1 Å². The molecule has 2 amide bonds. The van der Waals surface area contributed by atoms with Crippen molar-refractivity contribution in [3.63, 3.8) is 0 Å². The average Bonchev–Trinajstić information content (AvgIpc) is 3.36. The van der Waals surface area contributed by atoms with E-state index in [4.69, 9.17) is 9.47 Å². The van der Waals surface area contributed by atoms with Gasteiger partial charge in [-0.2, -0.15) is 0 Å². The van der Waals surface area contributed by atoms with Gasteiger partial charge in [0.2, 0.25) is 11.8 Å². The molecule has 232 valence electrons. The van der Waals surface area contributed by atoms with Gasteiger partial charge in [-0.25, -0.2) is 0 Å². The van der Waals surface area contributed by atoms with Crippen molar-refractivity contribution in [3.8, 4) is 5.75 Å². The number of aryl methyl sites for hydroxylation is 1. The largest absolute Gasteiger partial charge is 0.493 e. The number of carbonyl (C=O) groups is 3. The molecular weight excluding hydrogens is 558 g/mol. The number of ether oxygens (including phenoxy) is 2. The maximum Gasteiger partial charge on any atom is 0.307 e. The van der Waals surface area contributed by atoms with E-state index >= 15 is 0 Å². The number of anilines is 1. The Morgan fingerprint density at radius 2 is 1.68 bits per heavy atom. The van der Waals surface area contributed by atoms with Crippen molar-refractivity contribution in [2.24, 2.45) is 0 Å². The molecule has 0 aromatic heterocycles. The molecule has 9 nitrogen and oxygen atoms in total. The number of carbonyl (C=O) groups excluding carboxylic acids is 3. The van der Waals surface area contributed by atoms with Crippen molar-refractivity contribution >= 4 is 23.5 Å². The van der Waals surface area contributed by atoms with Gasteiger partial charge in [0.1, 0.15) is 11.8 Å². The second kappa shape index (κ2) is 14.5. The number of hydrogen-bond donors (Lipinski definition) is 2. The lowest BCUT2D eigenvalue weighted by Crippen LogP contribution is -2.68. The summed E-state index contributed by atoms with van der Waals surface area (Å²) in [5.41, 5.74) is 3.69. The summed E-state index contributed by atoms with van der Waals surface area (Å²) in [6.07, 6.45) is 1.20. The summed E-state index contributed by atoms with van der Waals surface area (Å²) in [5.74, 6) is -0.149. The molecule has 0 radical (unpaired) electrons. The Hall–Kier alpha value is -4.21. The van der Waals surface area contributed by atoms with Crippen molar-refractivity contribution in [3.05, 3.63) is 95.6 Å². The fraction of sp³-hybridized carbons (Fsp3) is 0.400. The third-order valence-corrected chi connectivity index (χ3v) is 8.38. The Labute approximate surface area is 258 Å². The zero-order valence-electron chi connectivity index (χ0n) is 25.4. The van der Waals surface area contributed by atoms with Crippen molar-refractivity contribution < 1.29 is 29.0 Å². The SMILES string of the molecule is CCOC(=O)CC1[C@@H]2[C@@H](NCc3ccccc3)c3cc(OCCCO)ccc3N2C(=O)[C@H](C)N1C(=O)CCc1ccccc1. The number of esters is 1. The lowest BCUT2D eigenvalue weighted by Gasteiger charge is -2.49. The predicted octanol–water partition coefficient (Wildman–Crippen LogP) is 4.18. The van der Waals surface area contributed by atoms with Crippen LogP contribution in [-0.4, -0.2) is 65.7 Å². The molecule has 2 N–H and O–H groups in total. The molecule has 44 heavy (non-hydrogen) atoms. The highest BCUT2D eigenvalue weighted by molar-refractivity contribution is 6.03. The van der Waals surface area contributed by atoms with Gasteiger partial charge in [-0.3, -0.25) is 14.4 Å². The normalized spacial score (nSPS) is 20.7. The third kappa shape index (κ3) is 6.79. The Balaban J connectivity index is 1.52. The molecule has 9 heteroatoms. The monoisotopic (exact) mass is 599 g/mol. The predicted molar refractivity (Wildman–Crippen MR) is 167 cm³/mol. The summed E-state index contributed by atoms with van der Waals surface area (Å²) in [5, 5.41) is 12.9. The van der Waals surface area contributed by atoms with Crippen LogP contribution in [0.15, 0.2) is 78.9 Å². The number of hydrogen-bond acceptors (Lipinski definition) is 7. The van der Waals surface area contributed by atoms with Gasteiger partial charge in [0, 0.05) is 31.7 Å². The van der Waals surface area contributed by atoms with Crippen LogP contribution in [0.25, 0.3) is 0 Å². The maximum absolute atomic E-state index is 14.2. The number of benzene rings is 3. The second-order valence-corrected chi connectivity index (χ2v) is 11.2. The van der Waals surface area contributed by atoms with Gasteiger partial charge in [0.05, 0.1) is 37.8 Å². The first kappa shape index (κ1) is 31.2. The van der Waals surface area contributed by atoms with E-state index in [-0.39, 0.29) is 37.9 Å². The van der Waals surface area contributed by atoms with Crippen LogP contribution in [0.5, 0.6) is 5.75 Å². The molecule has 3 aromatic carbocycles. The minimum Gasteiger partial charge on any atom is -0.493 e. The van der Waals surface area contributed by atoms with Gasteiger partial charge in [0.15, 0.2) is 0 Å². The van der Waals surface area contributed by atoms with Gasteiger partial charge < -0.3 is 29.7 Å². The Morgan fingerprint density at radius 3 is 2.36 bits per heavy atom. The van der Waals surface area contributed by atoms with E-state index in [0.29, 0.717) is 31.7 Å². The molecule has 3 aromatic rings. The number of aliphatic hydroxyl groups excluding tert-OH is 1. The van der Waals surface area contributed by atoms with E-state index in [1.54, 1.807) is 23.6 Å². The number of fused-ring (bicyclic) bond motifs is 3. The van der Waals surface area contributed by atoms with E-state index in [2.05, 4.69) is 5.32 Å². The smallest absolute Gasteiger partial charge is 0.307 e. The first-order valence-electron chi connectivity index (χ1n) is 15.4.